The van der Waals surface area contributed by atoms with E-state index >= 15 is 0 Å². The van der Waals surface area contributed by atoms with Crippen molar-refractivity contribution in [3.63, 3.8) is 0 Å². The monoisotopic (exact) mass is 314 g/mol. The fourth-order valence-corrected chi connectivity index (χ4v) is 3.30. The smallest absolute Gasteiger partial charge is 0.287 e. The van der Waals surface area contributed by atoms with E-state index in [0.717, 1.165) is 19.3 Å². The molecule has 0 saturated heterocycles. The largest absolute Gasteiger partial charge is 0.383 e. The fraction of sp³-hybridized carbons (Fsp3) is 0.714. The third-order valence-corrected chi connectivity index (χ3v) is 4.63. The van der Waals surface area contributed by atoms with Crippen LogP contribution in [0.4, 0.5) is 5.69 Å². The average Bonchev–Trinajstić information content (AvgIpc) is 2.96. The first-order valence-electron chi connectivity index (χ1n) is 7.27. The van der Waals surface area contributed by atoms with Crippen LogP contribution in [-0.4, -0.2) is 43.1 Å². The number of nitrogens with two attached hydrogens (primary N) is 1. The molecular weight excluding hydrogens is 292 g/mol. The van der Waals surface area contributed by atoms with Crippen molar-refractivity contribution in [2.45, 2.75) is 31.8 Å². The summed E-state index contributed by atoms with van der Waals surface area (Å²) in [7, 11) is 3.54. The number of anilines is 1. The third-order valence-electron chi connectivity index (χ3n) is 4.27. The van der Waals surface area contributed by atoms with Crippen molar-refractivity contribution >= 4 is 17.3 Å². The highest BCUT2D eigenvalue weighted by atomic mass is 35.5. The molecule has 0 amide bonds. The topological polar surface area (TPSA) is 73.4 Å². The molecule has 2 unspecified atom stereocenters. The minimum Gasteiger partial charge on any atom is -0.383 e. The summed E-state index contributed by atoms with van der Waals surface area (Å²) < 4.78 is 6.29. The van der Waals surface area contributed by atoms with Crippen LogP contribution in [0.3, 0.4) is 0 Å². The Morgan fingerprint density at radius 1 is 1.57 bits per heavy atom. The molecule has 1 aliphatic rings. The summed E-state index contributed by atoms with van der Waals surface area (Å²) in [5, 5.41) is 4.40. The Hall–Kier alpha value is -1.11. The molecule has 6 nitrogen and oxygen atoms in total. The summed E-state index contributed by atoms with van der Waals surface area (Å²) in [4.78, 5) is 14.3. The van der Waals surface area contributed by atoms with Gasteiger partial charge in [0.05, 0.1) is 25.0 Å². The molecule has 2 atom stereocenters. The number of rotatable bonds is 6. The summed E-state index contributed by atoms with van der Waals surface area (Å²) in [6.07, 6.45) is 5.01. The zero-order valence-electron chi connectivity index (χ0n) is 12.6. The summed E-state index contributed by atoms with van der Waals surface area (Å²) in [6, 6.07) is 0.323. The lowest BCUT2D eigenvalue weighted by molar-refractivity contribution is 0.182. The van der Waals surface area contributed by atoms with E-state index < -0.39 is 0 Å². The molecule has 21 heavy (non-hydrogen) atoms. The molecule has 2 rings (SSSR count). The fourth-order valence-electron chi connectivity index (χ4n) is 3.02. The van der Waals surface area contributed by atoms with Crippen LogP contribution in [0.2, 0.25) is 5.02 Å². The van der Waals surface area contributed by atoms with Crippen LogP contribution in [0.25, 0.3) is 0 Å². The Morgan fingerprint density at radius 3 is 3.00 bits per heavy atom. The highest BCUT2D eigenvalue weighted by molar-refractivity contribution is 6.33. The van der Waals surface area contributed by atoms with Crippen molar-refractivity contribution in [3.8, 4) is 0 Å². The predicted octanol–water partition coefficient (Wildman–Crippen LogP) is 1.11. The molecule has 0 aliphatic heterocycles. The molecule has 0 radical (unpaired) electrons. The van der Waals surface area contributed by atoms with Crippen LogP contribution in [0.1, 0.15) is 19.3 Å². The van der Waals surface area contributed by atoms with E-state index in [-0.39, 0.29) is 10.6 Å². The van der Waals surface area contributed by atoms with Crippen molar-refractivity contribution < 1.29 is 4.74 Å². The third kappa shape index (κ3) is 3.39. The molecule has 1 heterocycles. The number of hydrogen-bond donors (Lipinski definition) is 1. The molecule has 118 valence electrons. The summed E-state index contributed by atoms with van der Waals surface area (Å²) in [6.45, 7) is 1.48. The van der Waals surface area contributed by atoms with Gasteiger partial charge in [-0.1, -0.05) is 18.0 Å². The number of methoxy groups -OCH3 is 1. The number of ether oxygens (including phenoxy) is 1. The van der Waals surface area contributed by atoms with E-state index in [1.807, 2.05) is 7.05 Å². The van der Waals surface area contributed by atoms with Gasteiger partial charge < -0.3 is 15.4 Å². The molecule has 1 aromatic rings. The van der Waals surface area contributed by atoms with Crippen LogP contribution in [0.5, 0.6) is 0 Å². The van der Waals surface area contributed by atoms with E-state index in [9.17, 15) is 4.79 Å². The van der Waals surface area contributed by atoms with Crippen LogP contribution >= 0.6 is 11.6 Å². The number of nitrogens with zero attached hydrogens (tertiary/aromatic N) is 3. The summed E-state index contributed by atoms with van der Waals surface area (Å²) >= 11 is 6.25. The van der Waals surface area contributed by atoms with Gasteiger partial charge in [0.1, 0.15) is 5.02 Å². The van der Waals surface area contributed by atoms with Gasteiger partial charge in [0, 0.05) is 20.2 Å². The second kappa shape index (κ2) is 7.24. The highest BCUT2D eigenvalue weighted by Gasteiger charge is 2.31. The lowest BCUT2D eigenvalue weighted by Crippen LogP contribution is -2.39. The maximum absolute atomic E-state index is 12.2. The normalized spacial score (nSPS) is 21.7. The van der Waals surface area contributed by atoms with E-state index in [0.29, 0.717) is 37.3 Å². The Morgan fingerprint density at radius 2 is 2.33 bits per heavy atom. The molecule has 2 N–H and O–H groups in total. The average molecular weight is 315 g/mol. The predicted molar refractivity (Wildman–Crippen MR) is 84.0 cm³/mol. The van der Waals surface area contributed by atoms with Crippen molar-refractivity contribution in [2.75, 3.05) is 32.2 Å². The van der Waals surface area contributed by atoms with E-state index in [1.54, 1.807) is 13.3 Å². The minimum absolute atomic E-state index is 0.214. The Labute approximate surface area is 129 Å². The molecule has 0 aromatic carbocycles. The first kappa shape index (κ1) is 16.3. The second-order valence-electron chi connectivity index (χ2n) is 5.47. The van der Waals surface area contributed by atoms with E-state index in [2.05, 4.69) is 10.00 Å². The van der Waals surface area contributed by atoms with Gasteiger partial charge in [0.25, 0.3) is 5.56 Å². The van der Waals surface area contributed by atoms with Gasteiger partial charge in [-0.05, 0) is 25.3 Å². The molecule has 1 aliphatic carbocycles. The van der Waals surface area contributed by atoms with Crippen LogP contribution in [0.15, 0.2) is 11.0 Å². The Bertz CT molecular complexity index is 534. The quantitative estimate of drug-likeness (QED) is 0.851. The summed E-state index contributed by atoms with van der Waals surface area (Å²) in [5.41, 5.74) is 6.24. The molecule has 0 bridgehead atoms. The van der Waals surface area contributed by atoms with Gasteiger partial charge >= 0.3 is 0 Å². The van der Waals surface area contributed by atoms with Crippen LogP contribution in [-0.2, 0) is 11.3 Å². The van der Waals surface area contributed by atoms with Gasteiger partial charge in [-0.15, -0.1) is 0 Å². The maximum Gasteiger partial charge on any atom is 0.287 e. The highest BCUT2D eigenvalue weighted by Crippen LogP contribution is 2.33. The SMILES string of the molecule is COCCn1ncc(N(C)C2CCCC2CN)c(Cl)c1=O. The zero-order chi connectivity index (χ0) is 15.4. The van der Waals surface area contributed by atoms with Crippen molar-refractivity contribution in [2.24, 2.45) is 11.7 Å². The zero-order valence-corrected chi connectivity index (χ0v) is 13.3. The van der Waals surface area contributed by atoms with Gasteiger partial charge in [-0.25, -0.2) is 4.68 Å². The standard InChI is InChI=1S/C14H23ClN4O2/c1-18(11-5-3-4-10(11)8-16)12-9-17-19(6-7-21-2)14(20)13(12)15/h9-11H,3-8,16H2,1-2H3. The van der Waals surface area contributed by atoms with Gasteiger partial charge in [-0.2, -0.15) is 5.10 Å². The minimum atomic E-state index is -0.277. The maximum atomic E-state index is 12.2. The van der Waals surface area contributed by atoms with Crippen LogP contribution in [0, 0.1) is 5.92 Å². The Balaban J connectivity index is 2.24. The lowest BCUT2D eigenvalue weighted by atomic mass is 10.0. The second-order valence-corrected chi connectivity index (χ2v) is 5.85. The lowest BCUT2D eigenvalue weighted by Gasteiger charge is -2.31. The molecule has 1 saturated carbocycles. The van der Waals surface area contributed by atoms with Crippen molar-refractivity contribution in [3.05, 3.63) is 21.6 Å². The van der Waals surface area contributed by atoms with Crippen molar-refractivity contribution in [1.29, 1.82) is 0 Å². The number of halogens is 1. The molecule has 0 spiro atoms. The van der Waals surface area contributed by atoms with Gasteiger partial charge in [0.2, 0.25) is 0 Å². The first-order valence-corrected chi connectivity index (χ1v) is 7.65. The van der Waals surface area contributed by atoms with E-state index in [1.165, 1.54) is 4.68 Å². The van der Waals surface area contributed by atoms with Gasteiger partial charge in [0.15, 0.2) is 0 Å². The molecule has 1 aromatic heterocycles. The van der Waals surface area contributed by atoms with E-state index in [4.69, 9.17) is 22.1 Å². The molecule has 1 fully saturated rings. The molecule has 7 heteroatoms. The Kier molecular flexibility index (Phi) is 5.61. The number of aromatic nitrogens is 2. The van der Waals surface area contributed by atoms with Gasteiger partial charge in [-0.3, -0.25) is 4.79 Å². The first-order chi connectivity index (χ1) is 10.1. The summed E-state index contributed by atoms with van der Waals surface area (Å²) in [5.74, 6) is 0.446. The molecular formula is C14H23ClN4O2. The number of hydrogen-bond acceptors (Lipinski definition) is 5. The van der Waals surface area contributed by atoms with Crippen molar-refractivity contribution in [1.82, 2.24) is 9.78 Å². The van der Waals surface area contributed by atoms with Crippen LogP contribution < -0.4 is 16.2 Å².